The van der Waals surface area contributed by atoms with E-state index >= 15 is 0 Å². The normalized spacial score (nSPS) is 15.7. The molecule has 1 aliphatic heterocycles. The summed E-state index contributed by atoms with van der Waals surface area (Å²) in [5, 5.41) is 0. The van der Waals surface area contributed by atoms with Crippen LogP contribution in [0.2, 0.25) is 0 Å². The summed E-state index contributed by atoms with van der Waals surface area (Å²) >= 11 is 0. The van der Waals surface area contributed by atoms with Gasteiger partial charge in [-0.25, -0.2) is 4.72 Å². The van der Waals surface area contributed by atoms with Crippen LogP contribution >= 0.6 is 0 Å². The van der Waals surface area contributed by atoms with Crippen molar-refractivity contribution in [3.05, 3.63) is 100 Å². The molecule has 0 radical (unpaired) electrons. The Morgan fingerprint density at radius 1 is 0.971 bits per heavy atom. The maximum absolute atomic E-state index is 13.1. The van der Waals surface area contributed by atoms with Crippen LogP contribution in [0.25, 0.3) is 0 Å². The third-order valence-electron chi connectivity index (χ3n) is 5.72. The van der Waals surface area contributed by atoms with E-state index in [0.717, 1.165) is 16.7 Å². The fourth-order valence-corrected chi connectivity index (χ4v) is 5.28. The van der Waals surface area contributed by atoms with Crippen molar-refractivity contribution in [1.82, 2.24) is 14.0 Å². The molecule has 1 N–H and O–H groups in total. The molecule has 176 valence electrons. The SMILES string of the molecule is Cc1ccnc(C(=O)CC(=O)c2cc(Cc3ccccc3)cc(CN3CCCNS3(=O)=O)c2)c1. The van der Waals surface area contributed by atoms with Crippen molar-refractivity contribution in [2.45, 2.75) is 32.7 Å². The highest BCUT2D eigenvalue weighted by Crippen LogP contribution is 2.20. The Balaban J connectivity index is 1.62. The summed E-state index contributed by atoms with van der Waals surface area (Å²) in [7, 11) is -3.55. The van der Waals surface area contributed by atoms with Gasteiger partial charge in [-0.3, -0.25) is 14.6 Å². The first-order valence-corrected chi connectivity index (χ1v) is 12.6. The van der Waals surface area contributed by atoms with Gasteiger partial charge in [0.15, 0.2) is 11.6 Å². The predicted molar refractivity (Wildman–Crippen MR) is 130 cm³/mol. The first-order valence-electron chi connectivity index (χ1n) is 11.2. The minimum atomic E-state index is -3.55. The number of nitrogens with one attached hydrogen (secondary N) is 1. The second-order valence-electron chi connectivity index (χ2n) is 8.53. The molecular formula is C26H27N3O4S. The number of nitrogens with zero attached hydrogens (tertiary/aromatic N) is 2. The van der Waals surface area contributed by atoms with Crippen LogP contribution in [0.1, 0.15) is 55.9 Å². The number of hydrogen-bond acceptors (Lipinski definition) is 5. The van der Waals surface area contributed by atoms with Crippen LogP contribution in [0, 0.1) is 6.92 Å². The third-order valence-corrected chi connectivity index (χ3v) is 7.28. The molecule has 0 aliphatic carbocycles. The zero-order valence-electron chi connectivity index (χ0n) is 19.0. The van der Waals surface area contributed by atoms with Gasteiger partial charge in [0.25, 0.3) is 10.2 Å². The molecule has 1 saturated heterocycles. The van der Waals surface area contributed by atoms with E-state index < -0.39 is 10.2 Å². The van der Waals surface area contributed by atoms with E-state index in [1.807, 2.05) is 43.3 Å². The molecule has 1 aromatic heterocycles. The Labute approximate surface area is 200 Å². The van der Waals surface area contributed by atoms with Crippen LogP contribution in [-0.4, -0.2) is 42.4 Å². The van der Waals surface area contributed by atoms with Gasteiger partial charge in [0.1, 0.15) is 5.69 Å². The molecule has 0 bridgehead atoms. The predicted octanol–water partition coefficient (Wildman–Crippen LogP) is 3.48. The first kappa shape index (κ1) is 23.9. The molecule has 1 fully saturated rings. The van der Waals surface area contributed by atoms with Gasteiger partial charge in [-0.2, -0.15) is 12.7 Å². The maximum Gasteiger partial charge on any atom is 0.279 e. The maximum atomic E-state index is 13.1. The molecule has 2 aromatic carbocycles. The number of aromatic nitrogens is 1. The molecule has 0 saturated carbocycles. The minimum Gasteiger partial charge on any atom is -0.294 e. The minimum absolute atomic E-state index is 0.158. The smallest absolute Gasteiger partial charge is 0.279 e. The van der Waals surface area contributed by atoms with Gasteiger partial charge in [-0.15, -0.1) is 0 Å². The highest BCUT2D eigenvalue weighted by molar-refractivity contribution is 7.87. The highest BCUT2D eigenvalue weighted by Gasteiger charge is 2.26. The second-order valence-corrected chi connectivity index (χ2v) is 10.3. The summed E-state index contributed by atoms with van der Waals surface area (Å²) < 4.78 is 28.7. The molecule has 34 heavy (non-hydrogen) atoms. The van der Waals surface area contributed by atoms with E-state index in [2.05, 4.69) is 9.71 Å². The third kappa shape index (κ3) is 6.02. The summed E-state index contributed by atoms with van der Waals surface area (Å²) in [5.74, 6) is -0.657. The van der Waals surface area contributed by atoms with Gasteiger partial charge in [0.2, 0.25) is 0 Å². The zero-order valence-corrected chi connectivity index (χ0v) is 19.8. The molecule has 7 nitrogen and oxygen atoms in total. The number of rotatable bonds is 8. The molecule has 0 spiro atoms. The number of carbonyl (C=O) groups excluding carboxylic acids is 2. The first-order chi connectivity index (χ1) is 16.3. The quantitative estimate of drug-likeness (QED) is 0.396. The number of pyridine rings is 1. The summed E-state index contributed by atoms with van der Waals surface area (Å²) in [6.45, 7) is 2.86. The average molecular weight is 478 g/mol. The lowest BCUT2D eigenvalue weighted by molar-refractivity contribution is 0.0891. The van der Waals surface area contributed by atoms with E-state index in [1.165, 1.54) is 4.31 Å². The summed E-state index contributed by atoms with van der Waals surface area (Å²) in [6.07, 6.45) is 2.56. The second kappa shape index (κ2) is 10.4. The number of Topliss-reactive ketones (excluding diaryl/α,β-unsaturated/α-hetero) is 2. The highest BCUT2D eigenvalue weighted by atomic mass is 32.2. The monoisotopic (exact) mass is 477 g/mol. The molecule has 1 aliphatic rings. The van der Waals surface area contributed by atoms with Crippen molar-refractivity contribution in [2.24, 2.45) is 0 Å². The lowest BCUT2D eigenvalue weighted by Crippen LogP contribution is -2.46. The van der Waals surface area contributed by atoms with Crippen molar-refractivity contribution in [3.63, 3.8) is 0 Å². The molecule has 0 amide bonds. The van der Waals surface area contributed by atoms with Crippen molar-refractivity contribution < 1.29 is 18.0 Å². The van der Waals surface area contributed by atoms with Crippen molar-refractivity contribution in [3.8, 4) is 0 Å². The number of carbonyl (C=O) groups is 2. The van der Waals surface area contributed by atoms with E-state index in [-0.39, 0.29) is 30.2 Å². The largest absolute Gasteiger partial charge is 0.294 e. The van der Waals surface area contributed by atoms with Crippen LogP contribution < -0.4 is 4.72 Å². The number of aryl methyl sites for hydroxylation is 1. The Morgan fingerprint density at radius 2 is 1.74 bits per heavy atom. The molecule has 3 aromatic rings. The Bertz CT molecular complexity index is 1310. The lowest BCUT2D eigenvalue weighted by atomic mass is 9.96. The van der Waals surface area contributed by atoms with Crippen molar-refractivity contribution in [2.75, 3.05) is 13.1 Å². The Kier molecular flexibility index (Phi) is 7.31. The van der Waals surface area contributed by atoms with Crippen LogP contribution in [0.3, 0.4) is 0 Å². The standard InChI is InChI=1S/C26H27N3O4S/c1-19-8-10-27-24(12-19)26(31)17-25(30)23-15-21(13-20-6-3-2-4-7-20)14-22(16-23)18-29-11-5-9-28-34(29,32)33/h2-4,6-8,10,12,14-16,28H,5,9,11,13,17-18H2,1H3. The van der Waals surface area contributed by atoms with Gasteiger partial charge in [0.05, 0.1) is 6.42 Å². The van der Waals surface area contributed by atoms with Crippen molar-refractivity contribution >= 4 is 21.8 Å². The summed E-state index contributed by atoms with van der Waals surface area (Å²) in [5.41, 5.74) is 4.23. The number of benzene rings is 2. The van der Waals surface area contributed by atoms with Crippen LogP contribution in [-0.2, 0) is 23.2 Å². The van der Waals surface area contributed by atoms with Crippen molar-refractivity contribution in [1.29, 1.82) is 0 Å². The molecular weight excluding hydrogens is 450 g/mol. The van der Waals surface area contributed by atoms with Crippen LogP contribution in [0.4, 0.5) is 0 Å². The lowest BCUT2D eigenvalue weighted by Gasteiger charge is -2.27. The summed E-state index contributed by atoms with van der Waals surface area (Å²) in [6, 6.07) is 18.7. The molecule has 8 heteroatoms. The topological polar surface area (TPSA) is 96.4 Å². The fourth-order valence-electron chi connectivity index (χ4n) is 4.01. The molecule has 0 unspecified atom stereocenters. The van der Waals surface area contributed by atoms with Gasteiger partial charge in [-0.05, 0) is 66.3 Å². The number of ketones is 2. The van der Waals surface area contributed by atoms with Gasteiger partial charge >= 0.3 is 0 Å². The molecule has 0 atom stereocenters. The van der Waals surface area contributed by atoms with Gasteiger partial charge < -0.3 is 0 Å². The molecule has 4 rings (SSSR count). The van der Waals surface area contributed by atoms with E-state index in [4.69, 9.17) is 0 Å². The zero-order chi connectivity index (χ0) is 24.1. The fraction of sp³-hybridized carbons (Fsp3) is 0.269. The van der Waals surface area contributed by atoms with Gasteiger partial charge in [0, 0.05) is 31.4 Å². The Morgan fingerprint density at radius 3 is 2.47 bits per heavy atom. The molecule has 2 heterocycles. The van der Waals surface area contributed by atoms with Crippen LogP contribution in [0.15, 0.2) is 66.9 Å². The van der Waals surface area contributed by atoms with E-state index in [9.17, 15) is 18.0 Å². The van der Waals surface area contributed by atoms with Crippen LogP contribution in [0.5, 0.6) is 0 Å². The van der Waals surface area contributed by atoms with E-state index in [0.29, 0.717) is 37.1 Å². The van der Waals surface area contributed by atoms with E-state index in [1.54, 1.807) is 30.5 Å². The number of hydrogen-bond donors (Lipinski definition) is 1. The summed E-state index contributed by atoms with van der Waals surface area (Å²) in [4.78, 5) is 29.8. The Hall–Kier alpha value is -3.20. The average Bonchev–Trinajstić information content (AvgIpc) is 2.81. The van der Waals surface area contributed by atoms with Gasteiger partial charge in [-0.1, -0.05) is 36.4 Å².